The Balaban J connectivity index is 2.50. The van der Waals surface area contributed by atoms with Gasteiger partial charge in [-0.3, -0.25) is 4.79 Å². The summed E-state index contributed by atoms with van der Waals surface area (Å²) in [6.07, 6.45) is 0.507. The minimum atomic E-state index is 0.0519. The summed E-state index contributed by atoms with van der Waals surface area (Å²) in [6.45, 7) is 0. The Labute approximate surface area is 102 Å². The number of amides is 1. The van der Waals surface area contributed by atoms with Crippen molar-refractivity contribution in [2.24, 2.45) is 0 Å². The van der Waals surface area contributed by atoms with Crippen LogP contribution in [-0.2, 0) is 4.79 Å². The summed E-state index contributed by atoms with van der Waals surface area (Å²) in [7, 11) is 1.64. The van der Waals surface area contributed by atoms with Crippen molar-refractivity contribution in [3.63, 3.8) is 0 Å². The lowest BCUT2D eigenvalue weighted by Gasteiger charge is -2.05. The van der Waals surface area contributed by atoms with Crippen molar-refractivity contribution in [1.29, 1.82) is 0 Å². The number of nitrogens with one attached hydrogen (secondary N) is 1. The third-order valence-electron chi connectivity index (χ3n) is 1.84. The molecule has 3 nitrogen and oxygen atoms in total. The summed E-state index contributed by atoms with van der Waals surface area (Å²) < 4.78 is 0.999. The van der Waals surface area contributed by atoms with E-state index in [0.29, 0.717) is 6.42 Å². The SMILES string of the molecule is CNC(=O)CCSc1cc(Br)ccc1N. The van der Waals surface area contributed by atoms with Crippen LogP contribution < -0.4 is 11.1 Å². The van der Waals surface area contributed by atoms with Gasteiger partial charge >= 0.3 is 0 Å². The van der Waals surface area contributed by atoms with Crippen molar-refractivity contribution in [2.75, 3.05) is 18.5 Å². The third kappa shape index (κ3) is 4.13. The smallest absolute Gasteiger partial charge is 0.220 e. The summed E-state index contributed by atoms with van der Waals surface area (Å²) in [6, 6.07) is 5.72. The zero-order valence-electron chi connectivity index (χ0n) is 8.42. The van der Waals surface area contributed by atoms with Gasteiger partial charge in [0, 0.05) is 34.3 Å². The van der Waals surface area contributed by atoms with Crippen LogP contribution in [0.15, 0.2) is 27.6 Å². The maximum absolute atomic E-state index is 11.0. The minimum Gasteiger partial charge on any atom is -0.398 e. The molecule has 0 aliphatic carbocycles. The highest BCUT2D eigenvalue weighted by Gasteiger charge is 2.03. The third-order valence-corrected chi connectivity index (χ3v) is 3.41. The maximum Gasteiger partial charge on any atom is 0.220 e. The molecule has 0 unspecified atom stereocenters. The highest BCUT2D eigenvalue weighted by Crippen LogP contribution is 2.28. The van der Waals surface area contributed by atoms with Gasteiger partial charge in [0.15, 0.2) is 0 Å². The highest BCUT2D eigenvalue weighted by molar-refractivity contribution is 9.10. The molecule has 3 N–H and O–H groups in total. The summed E-state index contributed by atoms with van der Waals surface area (Å²) in [5.74, 6) is 0.788. The molecular formula is C10H13BrN2OS. The van der Waals surface area contributed by atoms with E-state index in [1.54, 1.807) is 18.8 Å². The lowest BCUT2D eigenvalue weighted by Crippen LogP contribution is -2.17. The number of thioether (sulfide) groups is 1. The molecule has 0 fully saturated rings. The van der Waals surface area contributed by atoms with Crippen LogP contribution >= 0.6 is 27.7 Å². The van der Waals surface area contributed by atoms with E-state index in [1.807, 2.05) is 18.2 Å². The van der Waals surface area contributed by atoms with Gasteiger partial charge in [0.05, 0.1) is 0 Å². The molecule has 1 aromatic carbocycles. The fraction of sp³-hybridized carbons (Fsp3) is 0.300. The first-order chi connectivity index (χ1) is 7.13. The molecule has 0 spiro atoms. The Kier molecular flexibility index (Phi) is 4.98. The number of halogens is 1. The normalized spacial score (nSPS) is 10.0. The van der Waals surface area contributed by atoms with E-state index in [-0.39, 0.29) is 5.91 Å². The zero-order chi connectivity index (χ0) is 11.3. The summed E-state index contributed by atoms with van der Waals surface area (Å²) in [4.78, 5) is 12.0. The molecule has 1 amide bonds. The Morgan fingerprint density at radius 1 is 1.60 bits per heavy atom. The molecule has 82 valence electrons. The van der Waals surface area contributed by atoms with Gasteiger partial charge in [0.2, 0.25) is 5.91 Å². The van der Waals surface area contributed by atoms with Crippen molar-refractivity contribution in [2.45, 2.75) is 11.3 Å². The van der Waals surface area contributed by atoms with E-state index >= 15 is 0 Å². The predicted molar refractivity (Wildman–Crippen MR) is 68.0 cm³/mol. The van der Waals surface area contributed by atoms with Crippen LogP contribution in [0.5, 0.6) is 0 Å². The number of benzene rings is 1. The maximum atomic E-state index is 11.0. The molecule has 0 aliphatic heterocycles. The number of nitrogens with two attached hydrogens (primary N) is 1. The predicted octanol–water partition coefficient (Wildman–Crippen LogP) is 2.26. The fourth-order valence-corrected chi connectivity index (χ4v) is 2.48. The van der Waals surface area contributed by atoms with Crippen molar-refractivity contribution in [3.05, 3.63) is 22.7 Å². The van der Waals surface area contributed by atoms with Gasteiger partial charge in [-0.1, -0.05) is 15.9 Å². The van der Waals surface area contributed by atoms with Crippen LogP contribution in [-0.4, -0.2) is 18.7 Å². The van der Waals surface area contributed by atoms with Gasteiger partial charge in [0.1, 0.15) is 0 Å². The Morgan fingerprint density at radius 2 is 2.33 bits per heavy atom. The van der Waals surface area contributed by atoms with Crippen molar-refractivity contribution >= 4 is 39.3 Å². The van der Waals surface area contributed by atoms with Gasteiger partial charge in [-0.05, 0) is 18.2 Å². The zero-order valence-corrected chi connectivity index (χ0v) is 10.8. The second-order valence-corrected chi connectivity index (χ2v) is 5.01. The molecule has 5 heteroatoms. The number of carbonyl (C=O) groups is 1. The molecule has 0 heterocycles. The lowest BCUT2D eigenvalue weighted by atomic mass is 10.3. The Hall–Kier alpha value is -0.680. The van der Waals surface area contributed by atoms with Crippen LogP contribution in [0, 0.1) is 0 Å². The van der Waals surface area contributed by atoms with Crippen molar-refractivity contribution < 1.29 is 4.79 Å². The number of nitrogen functional groups attached to an aromatic ring is 1. The second-order valence-electron chi connectivity index (χ2n) is 2.95. The molecular weight excluding hydrogens is 276 g/mol. The van der Waals surface area contributed by atoms with E-state index in [9.17, 15) is 4.79 Å². The number of carbonyl (C=O) groups excluding carboxylic acids is 1. The number of anilines is 1. The van der Waals surface area contributed by atoms with Crippen molar-refractivity contribution in [1.82, 2.24) is 5.32 Å². The highest BCUT2D eigenvalue weighted by atomic mass is 79.9. The van der Waals surface area contributed by atoms with Gasteiger partial charge in [-0.15, -0.1) is 11.8 Å². The fourth-order valence-electron chi connectivity index (χ4n) is 1.01. The molecule has 0 saturated carbocycles. The van der Waals surface area contributed by atoms with E-state index in [2.05, 4.69) is 21.2 Å². The standard InChI is InChI=1S/C10H13BrN2OS/c1-13-10(14)4-5-15-9-6-7(11)2-3-8(9)12/h2-3,6H,4-5,12H2,1H3,(H,13,14). The Morgan fingerprint density at radius 3 is 3.00 bits per heavy atom. The van der Waals surface area contributed by atoms with Gasteiger partial charge in [-0.25, -0.2) is 0 Å². The van der Waals surface area contributed by atoms with E-state index in [1.165, 1.54) is 0 Å². The Bertz CT molecular complexity index is 357. The van der Waals surface area contributed by atoms with Crippen LogP contribution in [0.2, 0.25) is 0 Å². The molecule has 0 atom stereocenters. The topological polar surface area (TPSA) is 55.1 Å². The van der Waals surface area contributed by atoms with E-state index in [4.69, 9.17) is 5.73 Å². The molecule has 0 aromatic heterocycles. The molecule has 0 aliphatic rings. The monoisotopic (exact) mass is 288 g/mol. The molecule has 0 bridgehead atoms. The number of rotatable bonds is 4. The first kappa shape index (κ1) is 12.4. The number of hydrogen-bond acceptors (Lipinski definition) is 3. The molecule has 15 heavy (non-hydrogen) atoms. The average Bonchev–Trinajstić information content (AvgIpc) is 2.23. The van der Waals surface area contributed by atoms with Crippen LogP contribution in [0.25, 0.3) is 0 Å². The quantitative estimate of drug-likeness (QED) is 0.660. The first-order valence-corrected chi connectivity index (χ1v) is 6.29. The molecule has 0 saturated heterocycles. The summed E-state index contributed by atoms with van der Waals surface area (Å²) in [5, 5.41) is 2.58. The van der Waals surface area contributed by atoms with E-state index < -0.39 is 0 Å². The molecule has 0 radical (unpaired) electrons. The van der Waals surface area contributed by atoms with Crippen LogP contribution in [0.4, 0.5) is 5.69 Å². The van der Waals surface area contributed by atoms with E-state index in [0.717, 1.165) is 20.8 Å². The largest absolute Gasteiger partial charge is 0.398 e. The lowest BCUT2D eigenvalue weighted by molar-refractivity contribution is -0.120. The second kappa shape index (κ2) is 6.02. The van der Waals surface area contributed by atoms with Crippen LogP contribution in [0.1, 0.15) is 6.42 Å². The van der Waals surface area contributed by atoms with Crippen molar-refractivity contribution in [3.8, 4) is 0 Å². The average molecular weight is 289 g/mol. The van der Waals surface area contributed by atoms with Gasteiger partial charge in [0.25, 0.3) is 0 Å². The molecule has 1 rings (SSSR count). The summed E-state index contributed by atoms with van der Waals surface area (Å²) in [5.41, 5.74) is 6.55. The van der Waals surface area contributed by atoms with Gasteiger partial charge in [-0.2, -0.15) is 0 Å². The minimum absolute atomic E-state index is 0.0519. The summed E-state index contributed by atoms with van der Waals surface area (Å²) >= 11 is 4.97. The molecule has 1 aromatic rings. The van der Waals surface area contributed by atoms with Crippen LogP contribution in [0.3, 0.4) is 0 Å². The van der Waals surface area contributed by atoms with Gasteiger partial charge < -0.3 is 11.1 Å². The first-order valence-electron chi connectivity index (χ1n) is 4.52. The number of hydrogen-bond donors (Lipinski definition) is 2.